The SMILES string of the molecule is Cc1cccc(CC(O)CCOCC(F)(F)F)c1. The summed E-state index contributed by atoms with van der Waals surface area (Å²) in [6.07, 6.45) is -4.36. The van der Waals surface area contributed by atoms with Crippen LogP contribution in [0.15, 0.2) is 24.3 Å². The molecule has 0 saturated carbocycles. The highest BCUT2D eigenvalue weighted by atomic mass is 19.4. The second-order valence-corrected chi connectivity index (χ2v) is 4.30. The fourth-order valence-electron chi connectivity index (χ4n) is 1.62. The van der Waals surface area contributed by atoms with Gasteiger partial charge in [0.2, 0.25) is 0 Å². The smallest absolute Gasteiger partial charge is 0.393 e. The third-order valence-electron chi connectivity index (χ3n) is 2.41. The van der Waals surface area contributed by atoms with Gasteiger partial charge in [0.05, 0.1) is 6.10 Å². The normalized spacial score (nSPS) is 13.6. The van der Waals surface area contributed by atoms with Gasteiger partial charge >= 0.3 is 6.18 Å². The van der Waals surface area contributed by atoms with Crippen molar-refractivity contribution in [1.82, 2.24) is 0 Å². The first-order valence-corrected chi connectivity index (χ1v) is 5.75. The molecule has 1 rings (SSSR count). The van der Waals surface area contributed by atoms with Crippen molar-refractivity contribution < 1.29 is 23.0 Å². The zero-order valence-electron chi connectivity index (χ0n) is 10.2. The fraction of sp³-hybridized carbons (Fsp3) is 0.538. The third-order valence-corrected chi connectivity index (χ3v) is 2.41. The van der Waals surface area contributed by atoms with E-state index in [4.69, 9.17) is 0 Å². The van der Waals surface area contributed by atoms with Crippen LogP contribution in [0.1, 0.15) is 17.5 Å². The Bertz CT molecular complexity index is 363. The first-order valence-electron chi connectivity index (χ1n) is 5.75. The Labute approximate surface area is 104 Å². The van der Waals surface area contributed by atoms with E-state index in [1.54, 1.807) is 0 Å². The van der Waals surface area contributed by atoms with Crippen LogP contribution in [0.2, 0.25) is 0 Å². The van der Waals surface area contributed by atoms with Crippen LogP contribution in [0.25, 0.3) is 0 Å². The van der Waals surface area contributed by atoms with Crippen molar-refractivity contribution in [1.29, 1.82) is 0 Å². The van der Waals surface area contributed by atoms with Gasteiger partial charge in [-0.2, -0.15) is 13.2 Å². The highest BCUT2D eigenvalue weighted by molar-refractivity contribution is 5.22. The lowest BCUT2D eigenvalue weighted by molar-refractivity contribution is -0.175. The first kappa shape index (κ1) is 15.0. The Morgan fingerprint density at radius 1 is 1.33 bits per heavy atom. The molecule has 0 fully saturated rings. The molecule has 1 aromatic rings. The molecule has 102 valence electrons. The number of aryl methyl sites for hydroxylation is 1. The number of alkyl halides is 3. The average molecular weight is 262 g/mol. The minimum atomic E-state index is -4.30. The Morgan fingerprint density at radius 2 is 2.06 bits per heavy atom. The minimum Gasteiger partial charge on any atom is -0.393 e. The molecule has 0 heterocycles. The van der Waals surface area contributed by atoms with Crippen molar-refractivity contribution in [2.45, 2.75) is 32.0 Å². The molecule has 0 aliphatic carbocycles. The maximum Gasteiger partial charge on any atom is 0.411 e. The average Bonchev–Trinajstić information content (AvgIpc) is 2.23. The monoisotopic (exact) mass is 262 g/mol. The van der Waals surface area contributed by atoms with Gasteiger partial charge < -0.3 is 9.84 Å². The maximum absolute atomic E-state index is 11.8. The Kier molecular flexibility index (Phi) is 5.62. The van der Waals surface area contributed by atoms with E-state index in [0.717, 1.165) is 11.1 Å². The lowest BCUT2D eigenvalue weighted by Gasteiger charge is -2.12. The number of rotatable bonds is 6. The summed E-state index contributed by atoms with van der Waals surface area (Å²) < 4.78 is 39.8. The van der Waals surface area contributed by atoms with Gasteiger partial charge in [0.15, 0.2) is 0 Å². The van der Waals surface area contributed by atoms with E-state index in [-0.39, 0.29) is 13.0 Å². The molecule has 1 unspecified atom stereocenters. The molecular formula is C13H17F3O2. The lowest BCUT2D eigenvalue weighted by atomic mass is 10.0. The van der Waals surface area contributed by atoms with Gasteiger partial charge in [-0.15, -0.1) is 0 Å². The van der Waals surface area contributed by atoms with Crippen molar-refractivity contribution in [3.63, 3.8) is 0 Å². The molecule has 18 heavy (non-hydrogen) atoms. The van der Waals surface area contributed by atoms with Crippen LogP contribution in [0, 0.1) is 6.92 Å². The highest BCUT2D eigenvalue weighted by Gasteiger charge is 2.27. The van der Waals surface area contributed by atoms with Crippen molar-refractivity contribution in [3.8, 4) is 0 Å². The Morgan fingerprint density at radius 3 is 2.67 bits per heavy atom. The molecule has 0 aliphatic rings. The van der Waals surface area contributed by atoms with Gasteiger partial charge in [-0.3, -0.25) is 0 Å². The second-order valence-electron chi connectivity index (χ2n) is 4.30. The van der Waals surface area contributed by atoms with Crippen LogP contribution in [0.5, 0.6) is 0 Å². The number of hydrogen-bond acceptors (Lipinski definition) is 2. The second kappa shape index (κ2) is 6.75. The van der Waals surface area contributed by atoms with E-state index in [2.05, 4.69) is 4.74 Å². The molecule has 5 heteroatoms. The van der Waals surface area contributed by atoms with E-state index in [1.807, 2.05) is 31.2 Å². The van der Waals surface area contributed by atoms with Crippen molar-refractivity contribution in [2.75, 3.05) is 13.2 Å². The summed E-state index contributed by atoms with van der Waals surface area (Å²) in [4.78, 5) is 0. The zero-order valence-corrected chi connectivity index (χ0v) is 10.2. The summed E-state index contributed by atoms with van der Waals surface area (Å²) >= 11 is 0. The van der Waals surface area contributed by atoms with Crippen molar-refractivity contribution in [3.05, 3.63) is 35.4 Å². The molecule has 0 radical (unpaired) electrons. The van der Waals surface area contributed by atoms with Crippen LogP contribution in [-0.4, -0.2) is 30.6 Å². The summed E-state index contributed by atoms with van der Waals surface area (Å²) in [5.74, 6) is 0. The Balaban J connectivity index is 2.24. The van der Waals surface area contributed by atoms with Crippen LogP contribution >= 0.6 is 0 Å². The third kappa shape index (κ3) is 6.61. The number of aliphatic hydroxyl groups excluding tert-OH is 1. The molecule has 0 saturated heterocycles. The summed E-state index contributed by atoms with van der Waals surface area (Å²) in [5.41, 5.74) is 2.06. The van der Waals surface area contributed by atoms with Crippen molar-refractivity contribution in [2.24, 2.45) is 0 Å². The number of hydrogen-bond donors (Lipinski definition) is 1. The van der Waals surface area contributed by atoms with E-state index in [0.29, 0.717) is 6.42 Å². The van der Waals surface area contributed by atoms with Crippen LogP contribution < -0.4 is 0 Å². The summed E-state index contributed by atoms with van der Waals surface area (Å²) in [6.45, 7) is 0.596. The van der Waals surface area contributed by atoms with Crippen molar-refractivity contribution >= 4 is 0 Å². The topological polar surface area (TPSA) is 29.5 Å². The number of benzene rings is 1. The van der Waals surface area contributed by atoms with Gasteiger partial charge in [0.1, 0.15) is 6.61 Å². The molecule has 1 atom stereocenters. The van der Waals surface area contributed by atoms with Gasteiger partial charge in [0.25, 0.3) is 0 Å². The number of ether oxygens (including phenoxy) is 1. The molecule has 0 aliphatic heterocycles. The van der Waals surface area contributed by atoms with Gasteiger partial charge in [-0.05, 0) is 25.3 Å². The fourth-order valence-corrected chi connectivity index (χ4v) is 1.62. The number of halogens is 3. The Hall–Kier alpha value is -1.07. The van der Waals surface area contributed by atoms with Gasteiger partial charge in [-0.25, -0.2) is 0 Å². The standard InChI is InChI=1S/C13H17F3O2/c1-10-3-2-4-11(7-10)8-12(17)5-6-18-9-13(14,15)16/h2-4,7,12,17H,5-6,8-9H2,1H3. The van der Waals surface area contributed by atoms with E-state index >= 15 is 0 Å². The molecule has 1 aromatic carbocycles. The molecular weight excluding hydrogens is 245 g/mol. The summed E-state index contributed by atoms with van der Waals surface area (Å²) in [6, 6.07) is 7.66. The molecule has 2 nitrogen and oxygen atoms in total. The molecule has 1 N–H and O–H groups in total. The molecule has 0 amide bonds. The van der Waals surface area contributed by atoms with Crippen LogP contribution in [0.4, 0.5) is 13.2 Å². The maximum atomic E-state index is 11.8. The minimum absolute atomic E-state index is 0.0908. The summed E-state index contributed by atoms with van der Waals surface area (Å²) in [5, 5.41) is 9.66. The first-order chi connectivity index (χ1) is 8.37. The molecule has 0 bridgehead atoms. The van der Waals surface area contributed by atoms with Gasteiger partial charge in [-0.1, -0.05) is 29.8 Å². The van der Waals surface area contributed by atoms with E-state index < -0.39 is 18.9 Å². The zero-order chi connectivity index (χ0) is 13.6. The predicted octanol–water partition coefficient (Wildman–Crippen LogP) is 2.87. The molecule has 0 aromatic heterocycles. The quantitative estimate of drug-likeness (QED) is 0.799. The van der Waals surface area contributed by atoms with E-state index in [1.165, 1.54) is 0 Å². The lowest BCUT2D eigenvalue weighted by Crippen LogP contribution is -2.20. The summed E-state index contributed by atoms with van der Waals surface area (Å²) in [7, 11) is 0. The predicted molar refractivity (Wildman–Crippen MR) is 62.4 cm³/mol. The highest BCUT2D eigenvalue weighted by Crippen LogP contribution is 2.15. The largest absolute Gasteiger partial charge is 0.411 e. The van der Waals surface area contributed by atoms with Gasteiger partial charge in [0, 0.05) is 6.61 Å². The van der Waals surface area contributed by atoms with Crippen LogP contribution in [0.3, 0.4) is 0 Å². The van der Waals surface area contributed by atoms with E-state index in [9.17, 15) is 18.3 Å². The molecule has 0 spiro atoms. The van der Waals surface area contributed by atoms with Crippen LogP contribution in [-0.2, 0) is 11.2 Å². The number of aliphatic hydroxyl groups is 1.